The lowest BCUT2D eigenvalue weighted by atomic mass is 10.2. The second-order valence-corrected chi connectivity index (χ2v) is 3.80. The summed E-state index contributed by atoms with van der Waals surface area (Å²) in [7, 11) is 0. The van der Waals surface area contributed by atoms with Crippen molar-refractivity contribution in [1.29, 1.82) is 5.26 Å². The molecule has 1 aromatic rings. The highest BCUT2D eigenvalue weighted by Crippen LogP contribution is 2.09. The quantitative estimate of drug-likeness (QED) is 0.684. The topological polar surface area (TPSA) is 106 Å². The van der Waals surface area contributed by atoms with Gasteiger partial charge in [0.2, 0.25) is 11.9 Å². The molecule has 1 aliphatic rings. The number of carbonyl (C=O) groups is 2. The number of urea groups is 1. The standard InChI is InChI=1S/C12H11N5O2/c13-7-8-2-1-3-9(6-8)15-12(19)17-11-14-5-4-10(18)16-11/h1-3,6H,4-5H2,(H3,14,15,16,17,18,19). The van der Waals surface area contributed by atoms with Gasteiger partial charge in [0.15, 0.2) is 0 Å². The van der Waals surface area contributed by atoms with Crippen molar-refractivity contribution in [2.45, 2.75) is 6.42 Å². The van der Waals surface area contributed by atoms with Gasteiger partial charge in [-0.2, -0.15) is 5.26 Å². The summed E-state index contributed by atoms with van der Waals surface area (Å²) in [6.45, 7) is 0.353. The highest BCUT2D eigenvalue weighted by Gasteiger charge is 2.13. The number of nitrogens with one attached hydrogen (secondary N) is 3. The highest BCUT2D eigenvalue weighted by atomic mass is 16.2. The maximum Gasteiger partial charge on any atom is 0.326 e. The molecule has 0 saturated heterocycles. The number of aliphatic imine (C=N–C) groups is 1. The summed E-state index contributed by atoms with van der Waals surface area (Å²) >= 11 is 0. The van der Waals surface area contributed by atoms with E-state index in [1.54, 1.807) is 24.3 Å². The summed E-state index contributed by atoms with van der Waals surface area (Å²) in [6, 6.07) is 7.94. The number of nitrogens with zero attached hydrogens (tertiary/aromatic N) is 2. The third-order valence-electron chi connectivity index (χ3n) is 2.35. The van der Waals surface area contributed by atoms with Crippen LogP contribution in [0.5, 0.6) is 0 Å². The average Bonchev–Trinajstić information content (AvgIpc) is 2.38. The van der Waals surface area contributed by atoms with Crippen molar-refractivity contribution in [3.8, 4) is 6.07 Å². The van der Waals surface area contributed by atoms with Gasteiger partial charge in [0, 0.05) is 12.1 Å². The van der Waals surface area contributed by atoms with E-state index in [4.69, 9.17) is 5.26 Å². The number of nitriles is 1. The molecule has 1 aromatic carbocycles. The number of guanidine groups is 1. The Morgan fingerprint density at radius 1 is 1.42 bits per heavy atom. The van der Waals surface area contributed by atoms with E-state index in [1.165, 1.54) is 0 Å². The molecule has 3 amide bonds. The highest BCUT2D eigenvalue weighted by molar-refractivity contribution is 6.08. The van der Waals surface area contributed by atoms with Crippen LogP contribution in [0, 0.1) is 11.3 Å². The molecule has 1 aliphatic heterocycles. The van der Waals surface area contributed by atoms with Crippen LogP contribution < -0.4 is 16.0 Å². The lowest BCUT2D eigenvalue weighted by Crippen LogP contribution is -2.47. The van der Waals surface area contributed by atoms with Gasteiger partial charge < -0.3 is 5.32 Å². The van der Waals surface area contributed by atoms with E-state index < -0.39 is 6.03 Å². The first-order chi connectivity index (χ1) is 9.17. The number of amides is 3. The zero-order chi connectivity index (χ0) is 13.7. The third kappa shape index (κ3) is 3.54. The molecule has 7 heteroatoms. The lowest BCUT2D eigenvalue weighted by molar-refractivity contribution is -0.119. The molecule has 0 atom stereocenters. The van der Waals surface area contributed by atoms with Gasteiger partial charge in [-0.15, -0.1) is 0 Å². The summed E-state index contributed by atoms with van der Waals surface area (Å²) < 4.78 is 0. The van der Waals surface area contributed by atoms with Crippen molar-refractivity contribution >= 4 is 23.6 Å². The fourth-order valence-corrected chi connectivity index (χ4v) is 1.51. The first-order valence-corrected chi connectivity index (χ1v) is 5.60. The largest absolute Gasteiger partial charge is 0.326 e. The minimum absolute atomic E-state index is 0.130. The Bertz CT molecular complexity index is 588. The van der Waals surface area contributed by atoms with E-state index >= 15 is 0 Å². The minimum Gasteiger partial charge on any atom is -0.308 e. The van der Waals surface area contributed by atoms with E-state index in [0.29, 0.717) is 24.2 Å². The van der Waals surface area contributed by atoms with Gasteiger partial charge in [-0.1, -0.05) is 6.07 Å². The van der Waals surface area contributed by atoms with Crippen LogP contribution >= 0.6 is 0 Å². The van der Waals surface area contributed by atoms with Gasteiger partial charge in [0.05, 0.1) is 18.2 Å². The zero-order valence-corrected chi connectivity index (χ0v) is 9.93. The third-order valence-corrected chi connectivity index (χ3v) is 2.35. The maximum absolute atomic E-state index is 11.6. The van der Waals surface area contributed by atoms with Crippen LogP contribution in [0.1, 0.15) is 12.0 Å². The molecule has 19 heavy (non-hydrogen) atoms. The van der Waals surface area contributed by atoms with Crippen molar-refractivity contribution < 1.29 is 9.59 Å². The number of rotatable bonds is 1. The van der Waals surface area contributed by atoms with E-state index in [0.717, 1.165) is 0 Å². The van der Waals surface area contributed by atoms with Crippen LogP contribution in [0.15, 0.2) is 29.3 Å². The number of hydrogen-bond acceptors (Lipinski definition) is 4. The summed E-state index contributed by atoms with van der Waals surface area (Å²) in [4.78, 5) is 26.7. The Morgan fingerprint density at radius 3 is 3.00 bits per heavy atom. The van der Waals surface area contributed by atoms with Crippen LogP contribution in [0.3, 0.4) is 0 Å². The molecular formula is C12H11N5O2. The zero-order valence-electron chi connectivity index (χ0n) is 9.93. The monoisotopic (exact) mass is 257 g/mol. The molecule has 0 saturated carbocycles. The van der Waals surface area contributed by atoms with Gasteiger partial charge in [-0.25, -0.2) is 4.79 Å². The molecule has 7 nitrogen and oxygen atoms in total. The number of carbonyl (C=O) groups excluding carboxylic acids is 2. The predicted molar refractivity (Wildman–Crippen MR) is 68.4 cm³/mol. The molecule has 96 valence electrons. The van der Waals surface area contributed by atoms with Gasteiger partial charge in [0.25, 0.3) is 0 Å². The second kappa shape index (κ2) is 5.64. The van der Waals surface area contributed by atoms with Crippen molar-refractivity contribution in [3.05, 3.63) is 29.8 Å². The first-order valence-electron chi connectivity index (χ1n) is 5.60. The Morgan fingerprint density at radius 2 is 2.26 bits per heavy atom. The Hall–Kier alpha value is -2.88. The molecule has 2 rings (SSSR count). The van der Waals surface area contributed by atoms with Gasteiger partial charge in [0.1, 0.15) is 0 Å². The first kappa shape index (κ1) is 12.6. The van der Waals surface area contributed by atoms with Gasteiger partial charge in [-0.05, 0) is 18.2 Å². The molecule has 0 spiro atoms. The Kier molecular flexibility index (Phi) is 3.73. The van der Waals surface area contributed by atoms with Crippen molar-refractivity contribution in [2.75, 3.05) is 11.9 Å². The van der Waals surface area contributed by atoms with Crippen LogP contribution in [0.2, 0.25) is 0 Å². The Balaban J connectivity index is 1.96. The molecule has 0 radical (unpaired) electrons. The van der Waals surface area contributed by atoms with Gasteiger partial charge >= 0.3 is 6.03 Å². The SMILES string of the molecule is N#Cc1cccc(NC(=O)NC2=NCCC(=O)N2)c1. The van der Waals surface area contributed by atoms with E-state index in [2.05, 4.69) is 20.9 Å². The molecule has 0 unspecified atom stereocenters. The molecule has 0 bridgehead atoms. The normalized spacial score (nSPS) is 13.8. The van der Waals surface area contributed by atoms with E-state index in [1.807, 2.05) is 6.07 Å². The smallest absolute Gasteiger partial charge is 0.308 e. The fraction of sp³-hybridized carbons (Fsp3) is 0.167. The molecule has 1 heterocycles. The fourth-order valence-electron chi connectivity index (χ4n) is 1.51. The summed E-state index contributed by atoms with van der Waals surface area (Å²) in [5, 5.41) is 16.1. The minimum atomic E-state index is -0.531. The van der Waals surface area contributed by atoms with Crippen LogP contribution in [0.4, 0.5) is 10.5 Å². The lowest BCUT2D eigenvalue weighted by Gasteiger charge is -2.14. The van der Waals surface area contributed by atoms with Gasteiger partial charge in [-0.3, -0.25) is 20.4 Å². The van der Waals surface area contributed by atoms with Crippen molar-refractivity contribution in [1.82, 2.24) is 10.6 Å². The van der Waals surface area contributed by atoms with Crippen LogP contribution in [0.25, 0.3) is 0 Å². The maximum atomic E-state index is 11.6. The average molecular weight is 257 g/mol. The number of anilines is 1. The van der Waals surface area contributed by atoms with Crippen molar-refractivity contribution in [3.63, 3.8) is 0 Å². The Labute approximate surface area is 109 Å². The molecule has 0 aromatic heterocycles. The molecular weight excluding hydrogens is 246 g/mol. The number of hydrogen-bond donors (Lipinski definition) is 3. The molecule has 0 aliphatic carbocycles. The van der Waals surface area contributed by atoms with Crippen LogP contribution in [-0.2, 0) is 4.79 Å². The predicted octanol–water partition coefficient (Wildman–Crippen LogP) is 0.556. The summed E-state index contributed by atoms with van der Waals surface area (Å²) in [6.07, 6.45) is 0.316. The molecule has 3 N–H and O–H groups in total. The van der Waals surface area contributed by atoms with Crippen LogP contribution in [-0.4, -0.2) is 24.4 Å². The second-order valence-electron chi connectivity index (χ2n) is 3.80. The van der Waals surface area contributed by atoms with Crippen molar-refractivity contribution in [2.24, 2.45) is 4.99 Å². The molecule has 0 fully saturated rings. The summed E-state index contributed by atoms with van der Waals surface area (Å²) in [5.74, 6) is -0.0537. The summed E-state index contributed by atoms with van der Waals surface area (Å²) in [5.41, 5.74) is 0.931. The van der Waals surface area contributed by atoms with E-state index in [-0.39, 0.29) is 11.9 Å². The van der Waals surface area contributed by atoms with E-state index in [9.17, 15) is 9.59 Å². The number of benzene rings is 1.